The molecule has 3 nitrogen and oxygen atoms in total. The highest BCUT2D eigenvalue weighted by Gasteiger charge is 1.99. The van der Waals surface area contributed by atoms with Crippen molar-refractivity contribution in [2.75, 3.05) is 18.9 Å². The topological polar surface area (TPSA) is 38.3 Å². The molecule has 4 heteroatoms. The monoisotopic (exact) mass is 190 g/mol. The van der Waals surface area contributed by atoms with Gasteiger partial charge in [0.15, 0.2) is 0 Å². The molecule has 0 bridgehead atoms. The van der Waals surface area contributed by atoms with Gasteiger partial charge in [0.05, 0.1) is 6.61 Å². The lowest BCUT2D eigenvalue weighted by Crippen LogP contribution is -2.26. The molecule has 0 unspecified atom stereocenters. The van der Waals surface area contributed by atoms with E-state index < -0.39 is 0 Å². The SMILES string of the molecule is CCOC(=O)NCCS[C](C)C. The molecule has 1 amide bonds. The molecule has 0 saturated carbocycles. The van der Waals surface area contributed by atoms with E-state index in [2.05, 4.69) is 23.9 Å². The zero-order chi connectivity index (χ0) is 9.40. The summed E-state index contributed by atoms with van der Waals surface area (Å²) >= 11 is 1.74. The number of carbonyl (C=O) groups is 1. The lowest BCUT2D eigenvalue weighted by atomic mass is 10.6. The van der Waals surface area contributed by atoms with E-state index in [1.807, 2.05) is 0 Å². The lowest BCUT2D eigenvalue weighted by molar-refractivity contribution is 0.153. The third-order valence-electron chi connectivity index (χ3n) is 1.04. The summed E-state index contributed by atoms with van der Waals surface area (Å²) in [5, 5.41) is 3.95. The van der Waals surface area contributed by atoms with Gasteiger partial charge >= 0.3 is 6.09 Å². The number of ether oxygens (including phenoxy) is 1. The summed E-state index contributed by atoms with van der Waals surface area (Å²) in [6.07, 6.45) is -0.327. The molecule has 0 aromatic rings. The van der Waals surface area contributed by atoms with E-state index in [0.717, 1.165) is 5.75 Å². The Hall–Kier alpha value is -0.380. The number of carbonyl (C=O) groups excluding carboxylic acids is 1. The molecule has 0 fully saturated rings. The number of rotatable bonds is 5. The van der Waals surface area contributed by atoms with Crippen molar-refractivity contribution >= 4 is 17.9 Å². The molecule has 1 N–H and O–H groups in total. The van der Waals surface area contributed by atoms with Crippen LogP contribution in [0, 0.1) is 5.25 Å². The van der Waals surface area contributed by atoms with Crippen molar-refractivity contribution in [1.82, 2.24) is 5.32 Å². The Labute approximate surface area is 78.2 Å². The number of hydrogen-bond acceptors (Lipinski definition) is 3. The highest BCUT2D eigenvalue weighted by atomic mass is 32.2. The summed E-state index contributed by atoms with van der Waals surface area (Å²) in [5.74, 6) is 0.904. The maximum absolute atomic E-state index is 10.7. The summed E-state index contributed by atoms with van der Waals surface area (Å²) in [4.78, 5) is 10.7. The molecule has 0 aliphatic heterocycles. The molecular weight excluding hydrogens is 174 g/mol. The van der Waals surface area contributed by atoms with Gasteiger partial charge in [-0.3, -0.25) is 0 Å². The van der Waals surface area contributed by atoms with Crippen LogP contribution in [0.4, 0.5) is 4.79 Å². The Morgan fingerprint density at radius 2 is 2.17 bits per heavy atom. The Morgan fingerprint density at radius 3 is 2.67 bits per heavy atom. The summed E-state index contributed by atoms with van der Waals surface area (Å²) in [5.41, 5.74) is 0. The van der Waals surface area contributed by atoms with E-state index in [-0.39, 0.29) is 6.09 Å². The zero-order valence-electron chi connectivity index (χ0n) is 7.85. The van der Waals surface area contributed by atoms with Crippen molar-refractivity contribution in [1.29, 1.82) is 0 Å². The zero-order valence-corrected chi connectivity index (χ0v) is 8.66. The van der Waals surface area contributed by atoms with Gasteiger partial charge in [-0.25, -0.2) is 4.79 Å². The van der Waals surface area contributed by atoms with Gasteiger partial charge in [0.2, 0.25) is 0 Å². The molecular formula is C8H16NO2S. The fourth-order valence-corrected chi connectivity index (χ4v) is 1.20. The van der Waals surface area contributed by atoms with Crippen LogP contribution in [0.5, 0.6) is 0 Å². The van der Waals surface area contributed by atoms with Gasteiger partial charge in [0.1, 0.15) is 0 Å². The first-order valence-corrected chi connectivity index (χ1v) is 4.99. The molecule has 0 atom stereocenters. The van der Waals surface area contributed by atoms with Crippen LogP contribution >= 0.6 is 11.8 Å². The number of thioether (sulfide) groups is 1. The minimum absolute atomic E-state index is 0.327. The van der Waals surface area contributed by atoms with Crippen molar-refractivity contribution in [2.24, 2.45) is 0 Å². The molecule has 71 valence electrons. The minimum Gasteiger partial charge on any atom is -0.450 e. The molecule has 0 aliphatic rings. The van der Waals surface area contributed by atoms with Gasteiger partial charge in [-0.15, -0.1) is 0 Å². The first kappa shape index (κ1) is 11.6. The third kappa shape index (κ3) is 7.72. The Kier molecular flexibility index (Phi) is 7.05. The number of alkyl carbamates (subject to hydrolysis) is 1. The average Bonchev–Trinajstić information content (AvgIpc) is 1.98. The number of amides is 1. The van der Waals surface area contributed by atoms with Crippen molar-refractivity contribution in [3.05, 3.63) is 5.25 Å². The number of nitrogens with one attached hydrogen (secondary N) is 1. The molecule has 1 radical (unpaired) electrons. The highest BCUT2D eigenvalue weighted by molar-refractivity contribution is 8.02. The summed E-state index contributed by atoms with van der Waals surface area (Å²) in [7, 11) is 0. The first-order chi connectivity index (χ1) is 5.66. The minimum atomic E-state index is -0.327. The Morgan fingerprint density at radius 1 is 1.50 bits per heavy atom. The van der Waals surface area contributed by atoms with Crippen LogP contribution in [0.15, 0.2) is 0 Å². The molecule has 0 rings (SSSR count). The normalized spacial score (nSPS) is 10.0. The standard InChI is InChI=1S/C8H16NO2S/c1-4-11-8(10)9-5-6-12-7(2)3/h4-6H2,1-3H3,(H,9,10). The van der Waals surface area contributed by atoms with Gasteiger partial charge in [0.25, 0.3) is 0 Å². The quantitative estimate of drug-likeness (QED) is 0.674. The van der Waals surface area contributed by atoms with Crippen molar-refractivity contribution in [3.8, 4) is 0 Å². The second-order valence-corrected chi connectivity index (χ2v) is 3.92. The van der Waals surface area contributed by atoms with E-state index in [1.54, 1.807) is 18.7 Å². The van der Waals surface area contributed by atoms with Gasteiger partial charge in [0, 0.05) is 17.5 Å². The van der Waals surface area contributed by atoms with Crippen LogP contribution in [0.3, 0.4) is 0 Å². The van der Waals surface area contributed by atoms with Crippen LogP contribution in [0.1, 0.15) is 20.8 Å². The molecule has 0 aromatic carbocycles. The van der Waals surface area contributed by atoms with Crippen molar-refractivity contribution < 1.29 is 9.53 Å². The first-order valence-electron chi connectivity index (χ1n) is 4.00. The average molecular weight is 190 g/mol. The molecule has 0 aliphatic carbocycles. The predicted molar refractivity (Wildman–Crippen MR) is 52.1 cm³/mol. The van der Waals surface area contributed by atoms with Gasteiger partial charge in [-0.1, -0.05) is 0 Å². The largest absolute Gasteiger partial charge is 0.450 e. The second-order valence-electron chi connectivity index (χ2n) is 2.40. The lowest BCUT2D eigenvalue weighted by Gasteiger charge is -2.05. The van der Waals surface area contributed by atoms with Crippen LogP contribution < -0.4 is 5.32 Å². The smallest absolute Gasteiger partial charge is 0.407 e. The van der Waals surface area contributed by atoms with E-state index in [9.17, 15) is 4.79 Å². The maximum atomic E-state index is 10.7. The fraction of sp³-hybridized carbons (Fsp3) is 0.750. The molecule has 0 spiro atoms. The van der Waals surface area contributed by atoms with E-state index in [1.165, 1.54) is 5.25 Å². The van der Waals surface area contributed by atoms with Gasteiger partial charge in [-0.05, 0) is 20.8 Å². The van der Waals surface area contributed by atoms with Crippen LogP contribution in [0.25, 0.3) is 0 Å². The molecule has 12 heavy (non-hydrogen) atoms. The fourth-order valence-electron chi connectivity index (χ4n) is 0.590. The van der Waals surface area contributed by atoms with Crippen molar-refractivity contribution in [2.45, 2.75) is 20.8 Å². The van der Waals surface area contributed by atoms with E-state index in [0.29, 0.717) is 13.2 Å². The number of hydrogen-bond donors (Lipinski definition) is 1. The van der Waals surface area contributed by atoms with Crippen LogP contribution in [0.2, 0.25) is 0 Å². The second kappa shape index (κ2) is 7.28. The Balaban J connectivity index is 3.14. The maximum Gasteiger partial charge on any atom is 0.407 e. The van der Waals surface area contributed by atoms with E-state index in [4.69, 9.17) is 0 Å². The summed E-state index contributed by atoms with van der Waals surface area (Å²) in [6, 6.07) is 0. The Bertz CT molecular complexity index is 128. The van der Waals surface area contributed by atoms with Crippen molar-refractivity contribution in [3.63, 3.8) is 0 Å². The van der Waals surface area contributed by atoms with Crippen LogP contribution in [-0.4, -0.2) is 25.0 Å². The summed E-state index contributed by atoms with van der Waals surface area (Å²) < 4.78 is 4.68. The highest BCUT2D eigenvalue weighted by Crippen LogP contribution is 2.15. The molecule has 0 aromatic heterocycles. The van der Waals surface area contributed by atoms with Gasteiger partial charge in [-0.2, -0.15) is 11.8 Å². The molecule has 0 saturated heterocycles. The van der Waals surface area contributed by atoms with E-state index >= 15 is 0 Å². The predicted octanol–water partition coefficient (Wildman–Crippen LogP) is 2.04. The van der Waals surface area contributed by atoms with Gasteiger partial charge < -0.3 is 10.1 Å². The third-order valence-corrected chi connectivity index (χ3v) is 2.02. The summed E-state index contributed by atoms with van der Waals surface area (Å²) in [6.45, 7) is 6.98. The van der Waals surface area contributed by atoms with Crippen LogP contribution in [-0.2, 0) is 4.74 Å². The molecule has 0 heterocycles.